The molecule has 0 spiro atoms. The highest BCUT2D eigenvalue weighted by atomic mass is 16.4. The number of anilines is 5. The van der Waals surface area contributed by atoms with Crippen molar-refractivity contribution in [1.82, 2.24) is 9.97 Å². The van der Waals surface area contributed by atoms with Crippen molar-refractivity contribution in [2.75, 3.05) is 16.0 Å². The molecule has 8 heteroatoms. The number of aromatic carboxylic acids is 1. The molecule has 28 heavy (non-hydrogen) atoms. The molecule has 1 aromatic heterocycles. The summed E-state index contributed by atoms with van der Waals surface area (Å²) in [6.07, 6.45) is 0. The predicted octanol–water partition coefficient (Wildman–Crippen LogP) is 3.93. The van der Waals surface area contributed by atoms with Crippen molar-refractivity contribution in [2.24, 2.45) is 0 Å². The molecule has 0 aliphatic heterocycles. The van der Waals surface area contributed by atoms with E-state index in [2.05, 4.69) is 25.9 Å². The maximum absolute atomic E-state index is 11.1. The smallest absolute Gasteiger partial charge is 0.335 e. The third-order valence-electron chi connectivity index (χ3n) is 3.72. The Kier molecular flexibility index (Phi) is 5.50. The molecule has 1 amide bonds. The van der Waals surface area contributed by atoms with E-state index >= 15 is 0 Å². The zero-order valence-corrected chi connectivity index (χ0v) is 15.4. The standard InChI is InChI=1S/C20H19N5O3/c1-12-11-18(23-16-5-3-14(4-6-16)19(27)28)25-20(21-12)24-17-9-7-15(8-10-17)22-13(2)26/h3-11H,1-2H3,(H,22,26)(H,27,28)(H2,21,23,24,25). The van der Waals surface area contributed by atoms with E-state index in [0.29, 0.717) is 23.1 Å². The van der Waals surface area contributed by atoms with Crippen LogP contribution in [0.2, 0.25) is 0 Å². The van der Waals surface area contributed by atoms with Crippen LogP contribution in [0.25, 0.3) is 0 Å². The topological polar surface area (TPSA) is 116 Å². The maximum atomic E-state index is 11.1. The molecule has 1 heterocycles. The van der Waals surface area contributed by atoms with Crippen molar-refractivity contribution < 1.29 is 14.7 Å². The summed E-state index contributed by atoms with van der Waals surface area (Å²) in [6, 6.07) is 15.4. The molecule has 0 aliphatic carbocycles. The number of aryl methyl sites for hydroxylation is 1. The van der Waals surface area contributed by atoms with E-state index in [1.165, 1.54) is 19.1 Å². The van der Waals surface area contributed by atoms with Crippen molar-refractivity contribution >= 4 is 40.7 Å². The Morgan fingerprint density at radius 3 is 2.04 bits per heavy atom. The minimum absolute atomic E-state index is 0.130. The lowest BCUT2D eigenvalue weighted by Crippen LogP contribution is -2.06. The van der Waals surface area contributed by atoms with Gasteiger partial charge in [0.05, 0.1) is 5.56 Å². The van der Waals surface area contributed by atoms with E-state index < -0.39 is 5.97 Å². The Morgan fingerprint density at radius 2 is 1.43 bits per heavy atom. The molecule has 4 N–H and O–H groups in total. The number of hydrogen-bond acceptors (Lipinski definition) is 6. The van der Waals surface area contributed by atoms with Crippen molar-refractivity contribution in [2.45, 2.75) is 13.8 Å². The van der Waals surface area contributed by atoms with Gasteiger partial charge in [0.15, 0.2) is 0 Å². The van der Waals surface area contributed by atoms with E-state index in [0.717, 1.165) is 11.4 Å². The molecular weight excluding hydrogens is 358 g/mol. The lowest BCUT2D eigenvalue weighted by atomic mass is 10.2. The molecule has 8 nitrogen and oxygen atoms in total. The summed E-state index contributed by atoms with van der Waals surface area (Å²) in [5.41, 5.74) is 3.17. The Morgan fingerprint density at radius 1 is 0.857 bits per heavy atom. The largest absolute Gasteiger partial charge is 0.478 e. The van der Waals surface area contributed by atoms with Crippen LogP contribution in [-0.2, 0) is 4.79 Å². The van der Waals surface area contributed by atoms with Crippen molar-refractivity contribution in [1.29, 1.82) is 0 Å². The highest BCUT2D eigenvalue weighted by Gasteiger charge is 2.06. The molecule has 3 aromatic rings. The number of nitrogens with one attached hydrogen (secondary N) is 3. The number of amides is 1. The number of rotatable bonds is 6. The number of carbonyl (C=O) groups excluding carboxylic acids is 1. The zero-order valence-electron chi connectivity index (χ0n) is 15.4. The normalized spacial score (nSPS) is 10.2. The van der Waals surface area contributed by atoms with Crippen molar-refractivity contribution in [3.8, 4) is 0 Å². The van der Waals surface area contributed by atoms with Crippen molar-refractivity contribution in [3.05, 3.63) is 65.9 Å². The number of benzene rings is 2. The first-order valence-corrected chi connectivity index (χ1v) is 8.50. The summed E-state index contributed by atoms with van der Waals surface area (Å²) in [7, 11) is 0. The first-order valence-electron chi connectivity index (χ1n) is 8.50. The summed E-state index contributed by atoms with van der Waals surface area (Å²) >= 11 is 0. The molecule has 0 radical (unpaired) electrons. The summed E-state index contributed by atoms with van der Waals surface area (Å²) < 4.78 is 0. The van der Waals surface area contributed by atoms with Crippen LogP contribution in [0.4, 0.5) is 28.8 Å². The van der Waals surface area contributed by atoms with E-state index in [4.69, 9.17) is 5.11 Å². The number of carboxylic acid groups (broad SMARTS) is 1. The first-order chi connectivity index (χ1) is 13.4. The molecule has 142 valence electrons. The van der Waals surface area contributed by atoms with Gasteiger partial charge in [0.25, 0.3) is 0 Å². The van der Waals surface area contributed by atoms with Crippen LogP contribution < -0.4 is 16.0 Å². The number of aromatic nitrogens is 2. The summed E-state index contributed by atoms with van der Waals surface area (Å²) in [6.45, 7) is 3.31. The average Bonchev–Trinajstić information content (AvgIpc) is 2.63. The quantitative estimate of drug-likeness (QED) is 0.514. The van der Waals surface area contributed by atoms with Gasteiger partial charge in [-0.3, -0.25) is 4.79 Å². The molecule has 0 unspecified atom stereocenters. The van der Waals surface area contributed by atoms with Gasteiger partial charge in [0.1, 0.15) is 5.82 Å². The average molecular weight is 377 g/mol. The van der Waals surface area contributed by atoms with Crippen LogP contribution in [0, 0.1) is 6.92 Å². The van der Waals surface area contributed by atoms with Gasteiger partial charge in [-0.2, -0.15) is 4.98 Å². The van der Waals surface area contributed by atoms with Gasteiger partial charge in [0, 0.05) is 35.7 Å². The predicted molar refractivity (Wildman–Crippen MR) is 107 cm³/mol. The second-order valence-corrected chi connectivity index (χ2v) is 6.11. The van der Waals surface area contributed by atoms with Crippen LogP contribution in [0.15, 0.2) is 54.6 Å². The fraction of sp³-hybridized carbons (Fsp3) is 0.100. The second kappa shape index (κ2) is 8.17. The van der Waals surface area contributed by atoms with E-state index in [9.17, 15) is 9.59 Å². The van der Waals surface area contributed by atoms with Crippen LogP contribution in [0.3, 0.4) is 0 Å². The first kappa shape index (κ1) is 18.8. The monoisotopic (exact) mass is 377 g/mol. The van der Waals surface area contributed by atoms with Gasteiger partial charge in [-0.05, 0) is 55.5 Å². The van der Waals surface area contributed by atoms with Gasteiger partial charge in [-0.25, -0.2) is 9.78 Å². The number of carbonyl (C=O) groups is 2. The Labute approximate surface area is 161 Å². The second-order valence-electron chi connectivity index (χ2n) is 6.11. The molecule has 3 rings (SSSR count). The van der Waals surface area contributed by atoms with Gasteiger partial charge in [0.2, 0.25) is 11.9 Å². The SMILES string of the molecule is CC(=O)Nc1ccc(Nc2nc(C)cc(Nc3ccc(C(=O)O)cc3)n2)cc1. The summed E-state index contributed by atoms with van der Waals surface area (Å²) in [5, 5.41) is 17.9. The number of nitrogens with zero attached hydrogens (tertiary/aromatic N) is 2. The zero-order chi connectivity index (χ0) is 20.1. The number of hydrogen-bond donors (Lipinski definition) is 4. The molecule has 0 bridgehead atoms. The number of carboxylic acids is 1. The third kappa shape index (κ3) is 5.04. The Balaban J connectivity index is 1.73. The Hall–Kier alpha value is -3.94. The van der Waals surface area contributed by atoms with Gasteiger partial charge < -0.3 is 21.1 Å². The molecule has 0 saturated carbocycles. The van der Waals surface area contributed by atoms with Crippen molar-refractivity contribution in [3.63, 3.8) is 0 Å². The van der Waals surface area contributed by atoms with Gasteiger partial charge in [-0.1, -0.05) is 0 Å². The third-order valence-corrected chi connectivity index (χ3v) is 3.72. The van der Waals surface area contributed by atoms with Gasteiger partial charge >= 0.3 is 5.97 Å². The van der Waals surface area contributed by atoms with Gasteiger partial charge in [-0.15, -0.1) is 0 Å². The van der Waals surface area contributed by atoms with E-state index in [1.807, 2.05) is 19.1 Å². The summed E-state index contributed by atoms with van der Waals surface area (Å²) in [4.78, 5) is 30.8. The van der Waals surface area contributed by atoms with Crippen LogP contribution in [0.5, 0.6) is 0 Å². The summed E-state index contributed by atoms with van der Waals surface area (Å²) in [5.74, 6) is -0.111. The fourth-order valence-electron chi connectivity index (χ4n) is 2.50. The molecular formula is C20H19N5O3. The Bertz CT molecular complexity index is 1000. The lowest BCUT2D eigenvalue weighted by molar-refractivity contribution is -0.114. The lowest BCUT2D eigenvalue weighted by Gasteiger charge is -2.11. The maximum Gasteiger partial charge on any atom is 0.335 e. The molecule has 2 aromatic carbocycles. The van der Waals surface area contributed by atoms with E-state index in [-0.39, 0.29) is 11.5 Å². The highest BCUT2D eigenvalue weighted by Crippen LogP contribution is 2.21. The fourth-order valence-corrected chi connectivity index (χ4v) is 2.50. The molecule has 0 atom stereocenters. The molecule has 0 saturated heterocycles. The minimum Gasteiger partial charge on any atom is -0.478 e. The molecule has 0 aliphatic rings. The van der Waals surface area contributed by atoms with E-state index in [1.54, 1.807) is 30.3 Å². The van der Waals surface area contributed by atoms with Crippen LogP contribution >= 0.6 is 0 Å². The minimum atomic E-state index is -0.972. The van der Waals surface area contributed by atoms with Crippen LogP contribution in [-0.4, -0.2) is 27.0 Å². The highest BCUT2D eigenvalue weighted by molar-refractivity contribution is 5.89. The molecule has 0 fully saturated rings. The van der Waals surface area contributed by atoms with Crippen LogP contribution in [0.1, 0.15) is 23.0 Å².